The zero-order valence-corrected chi connectivity index (χ0v) is 11.9. The summed E-state index contributed by atoms with van der Waals surface area (Å²) in [5.41, 5.74) is 1.91. The maximum Gasteiger partial charge on any atom is 0.335 e. The molecule has 20 heavy (non-hydrogen) atoms. The van der Waals surface area contributed by atoms with E-state index in [1.165, 1.54) is 0 Å². The van der Waals surface area contributed by atoms with Crippen molar-refractivity contribution in [3.05, 3.63) is 47.0 Å². The third-order valence-corrected chi connectivity index (χ3v) is 3.20. The van der Waals surface area contributed by atoms with Gasteiger partial charge in [0.25, 0.3) is 0 Å². The maximum absolute atomic E-state index is 11.0. The zero-order chi connectivity index (χ0) is 14.7. The fourth-order valence-corrected chi connectivity index (χ4v) is 2.21. The molecule has 0 aliphatic carbocycles. The summed E-state index contributed by atoms with van der Waals surface area (Å²) in [6, 6.07) is 3.24. The Morgan fingerprint density at radius 1 is 1.35 bits per heavy atom. The molecule has 106 valence electrons. The van der Waals surface area contributed by atoms with Crippen LogP contribution >= 0.6 is 0 Å². The van der Waals surface area contributed by atoms with Gasteiger partial charge in [0, 0.05) is 18.9 Å². The van der Waals surface area contributed by atoms with E-state index in [9.17, 15) is 4.79 Å². The molecule has 0 fully saturated rings. The van der Waals surface area contributed by atoms with E-state index in [-0.39, 0.29) is 5.56 Å². The lowest BCUT2D eigenvalue weighted by atomic mass is 10.1. The van der Waals surface area contributed by atoms with Gasteiger partial charge in [-0.05, 0) is 44.0 Å². The molecule has 1 N–H and O–H groups in total. The van der Waals surface area contributed by atoms with E-state index in [1.54, 1.807) is 18.3 Å². The Hall–Kier alpha value is -2.30. The highest BCUT2D eigenvalue weighted by Gasteiger charge is 2.11. The van der Waals surface area contributed by atoms with Crippen molar-refractivity contribution < 1.29 is 14.6 Å². The molecule has 0 aliphatic rings. The molecule has 0 aliphatic heterocycles. The van der Waals surface area contributed by atoms with Crippen LogP contribution in [0.5, 0.6) is 5.75 Å². The predicted octanol–water partition coefficient (Wildman–Crippen LogP) is 2.80. The lowest BCUT2D eigenvalue weighted by molar-refractivity contribution is 0.0696. The Balaban J connectivity index is 2.20. The first-order chi connectivity index (χ1) is 9.52. The molecule has 1 aromatic heterocycles. The molecule has 0 unspecified atom stereocenters. The van der Waals surface area contributed by atoms with Gasteiger partial charge in [-0.2, -0.15) is 0 Å². The van der Waals surface area contributed by atoms with E-state index in [0.29, 0.717) is 6.61 Å². The number of ether oxygens (including phenoxy) is 1. The van der Waals surface area contributed by atoms with Crippen LogP contribution in [0.2, 0.25) is 0 Å². The van der Waals surface area contributed by atoms with E-state index in [1.807, 2.05) is 31.5 Å². The van der Waals surface area contributed by atoms with Crippen molar-refractivity contribution in [3.63, 3.8) is 0 Å². The Labute approximate surface area is 117 Å². The van der Waals surface area contributed by atoms with E-state index in [0.717, 1.165) is 29.2 Å². The molecular weight excluding hydrogens is 256 g/mol. The average molecular weight is 274 g/mol. The number of aromatic carboxylic acids is 1. The topological polar surface area (TPSA) is 64.4 Å². The predicted molar refractivity (Wildman–Crippen MR) is 75.1 cm³/mol. The van der Waals surface area contributed by atoms with Crippen LogP contribution in [0.4, 0.5) is 0 Å². The monoisotopic (exact) mass is 274 g/mol. The SMILES string of the molecule is CCn1ccnc1COc1c(C)cc(C(=O)O)cc1C. The fourth-order valence-electron chi connectivity index (χ4n) is 2.21. The Morgan fingerprint density at radius 2 is 2.00 bits per heavy atom. The third kappa shape index (κ3) is 2.82. The molecule has 2 rings (SSSR count). The van der Waals surface area contributed by atoms with Gasteiger partial charge in [0.1, 0.15) is 18.2 Å². The first-order valence-corrected chi connectivity index (χ1v) is 6.50. The lowest BCUT2D eigenvalue weighted by Crippen LogP contribution is -2.07. The molecule has 0 saturated carbocycles. The molecule has 0 bridgehead atoms. The van der Waals surface area contributed by atoms with Gasteiger partial charge in [0.2, 0.25) is 0 Å². The van der Waals surface area contributed by atoms with Crippen LogP contribution in [-0.4, -0.2) is 20.6 Å². The number of nitrogens with zero attached hydrogens (tertiary/aromatic N) is 2. The standard InChI is InChI=1S/C15H18N2O3/c1-4-17-6-5-16-13(17)9-20-14-10(2)7-12(15(18)19)8-11(14)3/h5-8H,4,9H2,1-3H3,(H,18,19). The van der Waals surface area contributed by atoms with Crippen LogP contribution in [0.3, 0.4) is 0 Å². The molecule has 1 aromatic carbocycles. The molecule has 0 radical (unpaired) electrons. The van der Waals surface area contributed by atoms with Crippen LogP contribution in [-0.2, 0) is 13.2 Å². The number of rotatable bonds is 5. The molecule has 0 saturated heterocycles. The van der Waals surface area contributed by atoms with Crippen molar-refractivity contribution in [2.75, 3.05) is 0 Å². The molecule has 5 nitrogen and oxygen atoms in total. The second-order valence-electron chi connectivity index (χ2n) is 4.66. The molecule has 1 heterocycles. The van der Waals surface area contributed by atoms with Crippen LogP contribution in [0.25, 0.3) is 0 Å². The van der Waals surface area contributed by atoms with Gasteiger partial charge in [-0.15, -0.1) is 0 Å². The Morgan fingerprint density at radius 3 is 2.55 bits per heavy atom. The molecular formula is C15H18N2O3. The molecule has 2 aromatic rings. The number of aryl methyl sites for hydroxylation is 3. The summed E-state index contributed by atoms with van der Waals surface area (Å²) in [4.78, 5) is 15.2. The number of carboxylic acid groups (broad SMARTS) is 1. The van der Waals surface area contributed by atoms with Crippen molar-refractivity contribution in [1.82, 2.24) is 9.55 Å². The summed E-state index contributed by atoms with van der Waals surface area (Å²) in [6.07, 6.45) is 3.65. The third-order valence-electron chi connectivity index (χ3n) is 3.20. The second kappa shape index (κ2) is 5.77. The van der Waals surface area contributed by atoms with Crippen molar-refractivity contribution in [3.8, 4) is 5.75 Å². The van der Waals surface area contributed by atoms with E-state index < -0.39 is 5.97 Å². The van der Waals surface area contributed by atoms with Gasteiger partial charge < -0.3 is 14.4 Å². The molecule has 0 atom stereocenters. The maximum atomic E-state index is 11.0. The molecule has 0 amide bonds. The largest absolute Gasteiger partial charge is 0.485 e. The zero-order valence-electron chi connectivity index (χ0n) is 11.9. The minimum atomic E-state index is -0.927. The summed E-state index contributed by atoms with van der Waals surface area (Å²) >= 11 is 0. The number of aromatic nitrogens is 2. The average Bonchev–Trinajstić information content (AvgIpc) is 2.84. The summed E-state index contributed by atoms with van der Waals surface area (Å²) in [5, 5.41) is 9.02. The number of imidazole rings is 1. The first-order valence-electron chi connectivity index (χ1n) is 6.50. The Bertz CT molecular complexity index is 609. The van der Waals surface area contributed by atoms with Gasteiger partial charge in [-0.25, -0.2) is 9.78 Å². The van der Waals surface area contributed by atoms with Crippen LogP contribution in [0.15, 0.2) is 24.5 Å². The van der Waals surface area contributed by atoms with Crippen LogP contribution in [0, 0.1) is 13.8 Å². The summed E-state index contributed by atoms with van der Waals surface area (Å²) in [7, 11) is 0. The normalized spacial score (nSPS) is 10.6. The summed E-state index contributed by atoms with van der Waals surface area (Å²) < 4.78 is 7.82. The minimum Gasteiger partial charge on any atom is -0.485 e. The number of hydrogen-bond donors (Lipinski definition) is 1. The van der Waals surface area contributed by atoms with E-state index >= 15 is 0 Å². The van der Waals surface area contributed by atoms with Gasteiger partial charge in [-0.1, -0.05) is 0 Å². The quantitative estimate of drug-likeness (QED) is 0.910. The van der Waals surface area contributed by atoms with Crippen molar-refractivity contribution in [2.45, 2.75) is 33.9 Å². The second-order valence-corrected chi connectivity index (χ2v) is 4.66. The van der Waals surface area contributed by atoms with Crippen molar-refractivity contribution >= 4 is 5.97 Å². The van der Waals surface area contributed by atoms with Gasteiger partial charge in [0.05, 0.1) is 5.56 Å². The highest BCUT2D eigenvalue weighted by Crippen LogP contribution is 2.25. The minimum absolute atomic E-state index is 0.280. The van der Waals surface area contributed by atoms with E-state index in [2.05, 4.69) is 4.98 Å². The fraction of sp³-hybridized carbons (Fsp3) is 0.333. The molecule has 0 spiro atoms. The van der Waals surface area contributed by atoms with Crippen molar-refractivity contribution in [1.29, 1.82) is 0 Å². The molecule has 5 heteroatoms. The number of carbonyl (C=O) groups is 1. The van der Waals surface area contributed by atoms with Crippen molar-refractivity contribution in [2.24, 2.45) is 0 Å². The number of benzene rings is 1. The highest BCUT2D eigenvalue weighted by molar-refractivity contribution is 5.88. The van der Waals surface area contributed by atoms with Gasteiger partial charge in [0.15, 0.2) is 0 Å². The highest BCUT2D eigenvalue weighted by atomic mass is 16.5. The number of carboxylic acids is 1. The summed E-state index contributed by atoms with van der Waals surface area (Å²) in [5.74, 6) is 0.651. The van der Waals surface area contributed by atoms with Crippen LogP contribution in [0.1, 0.15) is 34.2 Å². The smallest absolute Gasteiger partial charge is 0.335 e. The summed E-state index contributed by atoms with van der Waals surface area (Å²) in [6.45, 7) is 6.95. The first kappa shape index (κ1) is 14.1. The Kier molecular flexibility index (Phi) is 4.08. The van der Waals surface area contributed by atoms with Crippen LogP contribution < -0.4 is 4.74 Å². The van der Waals surface area contributed by atoms with Gasteiger partial charge >= 0.3 is 5.97 Å². The van der Waals surface area contributed by atoms with E-state index in [4.69, 9.17) is 9.84 Å². The lowest BCUT2D eigenvalue weighted by Gasteiger charge is -2.13. The number of hydrogen-bond acceptors (Lipinski definition) is 3. The van der Waals surface area contributed by atoms with Gasteiger partial charge in [-0.3, -0.25) is 0 Å².